The van der Waals surface area contributed by atoms with Gasteiger partial charge >= 0.3 is 0 Å². The predicted molar refractivity (Wildman–Crippen MR) is 108 cm³/mol. The fourth-order valence-electron chi connectivity index (χ4n) is 3.41. The molecule has 1 fully saturated rings. The van der Waals surface area contributed by atoms with Crippen molar-refractivity contribution in [1.29, 1.82) is 0 Å². The fourth-order valence-corrected chi connectivity index (χ4v) is 3.41. The SMILES string of the molecule is O=C(NCc1ccc(F)cc1)c1coc(CN2CCN(c3ccccc3F)CC2)n1. The number of halogens is 2. The Morgan fingerprint density at radius 1 is 1.03 bits per heavy atom. The molecule has 8 heteroatoms. The van der Waals surface area contributed by atoms with Crippen molar-refractivity contribution in [2.24, 2.45) is 0 Å². The minimum Gasteiger partial charge on any atom is -0.447 e. The van der Waals surface area contributed by atoms with Gasteiger partial charge in [0, 0.05) is 32.7 Å². The number of carbonyl (C=O) groups is 1. The average Bonchev–Trinajstić information content (AvgIpc) is 3.23. The topological polar surface area (TPSA) is 61.6 Å². The number of nitrogens with one attached hydrogen (secondary N) is 1. The second kappa shape index (κ2) is 9.04. The summed E-state index contributed by atoms with van der Waals surface area (Å²) in [4.78, 5) is 20.7. The molecule has 0 spiro atoms. The molecule has 0 unspecified atom stereocenters. The molecule has 1 aliphatic heterocycles. The zero-order valence-electron chi connectivity index (χ0n) is 16.4. The van der Waals surface area contributed by atoms with Crippen LogP contribution in [0.1, 0.15) is 21.9 Å². The summed E-state index contributed by atoms with van der Waals surface area (Å²) in [5.41, 5.74) is 1.62. The second-order valence-corrected chi connectivity index (χ2v) is 7.15. The lowest BCUT2D eigenvalue weighted by molar-refractivity contribution is 0.0945. The smallest absolute Gasteiger partial charge is 0.273 e. The van der Waals surface area contributed by atoms with Gasteiger partial charge in [-0.15, -0.1) is 0 Å². The van der Waals surface area contributed by atoms with Crippen molar-refractivity contribution >= 4 is 11.6 Å². The molecule has 156 valence electrons. The molecule has 1 saturated heterocycles. The number of benzene rings is 2. The van der Waals surface area contributed by atoms with E-state index in [1.165, 1.54) is 24.5 Å². The molecule has 1 N–H and O–H groups in total. The third-order valence-corrected chi connectivity index (χ3v) is 5.08. The molecule has 0 atom stereocenters. The van der Waals surface area contributed by atoms with Gasteiger partial charge in [0.1, 0.15) is 17.9 Å². The minimum absolute atomic E-state index is 0.206. The minimum atomic E-state index is -0.348. The fraction of sp³-hybridized carbons (Fsp3) is 0.273. The Morgan fingerprint density at radius 2 is 1.77 bits per heavy atom. The van der Waals surface area contributed by atoms with Crippen molar-refractivity contribution in [1.82, 2.24) is 15.2 Å². The molecular formula is C22H22F2N4O2. The lowest BCUT2D eigenvalue weighted by atomic mass is 10.2. The highest BCUT2D eigenvalue weighted by Crippen LogP contribution is 2.20. The van der Waals surface area contributed by atoms with Crippen LogP contribution in [0.4, 0.5) is 14.5 Å². The first-order valence-electron chi connectivity index (χ1n) is 9.77. The number of anilines is 1. The zero-order chi connectivity index (χ0) is 20.9. The monoisotopic (exact) mass is 412 g/mol. The van der Waals surface area contributed by atoms with E-state index in [-0.39, 0.29) is 29.8 Å². The average molecular weight is 412 g/mol. The molecule has 30 heavy (non-hydrogen) atoms. The number of oxazole rings is 1. The Hall–Kier alpha value is -3.26. The van der Waals surface area contributed by atoms with E-state index in [1.54, 1.807) is 24.3 Å². The summed E-state index contributed by atoms with van der Waals surface area (Å²) >= 11 is 0. The van der Waals surface area contributed by atoms with Crippen LogP contribution < -0.4 is 10.2 Å². The van der Waals surface area contributed by atoms with Crippen LogP contribution in [0.2, 0.25) is 0 Å². The Morgan fingerprint density at radius 3 is 2.50 bits per heavy atom. The maximum atomic E-state index is 14.0. The maximum Gasteiger partial charge on any atom is 0.273 e. The van der Waals surface area contributed by atoms with Gasteiger partial charge in [-0.2, -0.15) is 0 Å². The van der Waals surface area contributed by atoms with Crippen LogP contribution in [-0.4, -0.2) is 42.0 Å². The van der Waals surface area contributed by atoms with Crippen molar-refractivity contribution in [2.45, 2.75) is 13.1 Å². The molecule has 0 saturated carbocycles. The molecule has 6 nitrogen and oxygen atoms in total. The molecular weight excluding hydrogens is 390 g/mol. The number of piperazine rings is 1. The first-order chi connectivity index (χ1) is 14.6. The van der Waals surface area contributed by atoms with Gasteiger partial charge in [-0.1, -0.05) is 24.3 Å². The number of hydrogen-bond acceptors (Lipinski definition) is 5. The Kier molecular flexibility index (Phi) is 6.04. The third kappa shape index (κ3) is 4.83. The van der Waals surface area contributed by atoms with Crippen LogP contribution >= 0.6 is 0 Å². The first kappa shape index (κ1) is 20.0. The van der Waals surface area contributed by atoms with Crippen molar-refractivity contribution in [3.05, 3.63) is 83.6 Å². The van der Waals surface area contributed by atoms with Gasteiger partial charge in [-0.25, -0.2) is 13.8 Å². The van der Waals surface area contributed by atoms with E-state index >= 15 is 0 Å². The third-order valence-electron chi connectivity index (χ3n) is 5.08. The number of nitrogens with zero attached hydrogens (tertiary/aromatic N) is 3. The van der Waals surface area contributed by atoms with E-state index in [2.05, 4.69) is 15.2 Å². The van der Waals surface area contributed by atoms with Crippen LogP contribution in [-0.2, 0) is 13.1 Å². The van der Waals surface area contributed by atoms with Gasteiger partial charge in [-0.05, 0) is 29.8 Å². The van der Waals surface area contributed by atoms with Gasteiger partial charge in [0.05, 0.1) is 12.2 Å². The molecule has 0 aliphatic carbocycles. The van der Waals surface area contributed by atoms with Gasteiger partial charge in [0.25, 0.3) is 5.91 Å². The second-order valence-electron chi connectivity index (χ2n) is 7.15. The van der Waals surface area contributed by atoms with E-state index < -0.39 is 0 Å². The molecule has 2 heterocycles. The van der Waals surface area contributed by atoms with Crippen LogP contribution in [0.5, 0.6) is 0 Å². The summed E-state index contributed by atoms with van der Waals surface area (Å²) in [6.45, 7) is 3.64. The van der Waals surface area contributed by atoms with Gasteiger partial charge in [0.15, 0.2) is 5.69 Å². The molecule has 0 bridgehead atoms. The van der Waals surface area contributed by atoms with E-state index in [9.17, 15) is 13.6 Å². The standard InChI is InChI=1S/C22H22F2N4O2/c23-17-7-5-16(6-8-17)13-25-22(29)19-15-30-21(26-19)14-27-9-11-28(12-10-27)20-4-2-1-3-18(20)24/h1-8,15H,9-14H2,(H,25,29). The summed E-state index contributed by atoms with van der Waals surface area (Å²) in [5.74, 6) is -0.420. The van der Waals surface area contributed by atoms with E-state index in [0.29, 0.717) is 31.2 Å². The van der Waals surface area contributed by atoms with Gasteiger partial charge in [-0.3, -0.25) is 9.69 Å². The lowest BCUT2D eigenvalue weighted by Crippen LogP contribution is -2.46. The van der Waals surface area contributed by atoms with Gasteiger partial charge < -0.3 is 14.6 Å². The number of para-hydroxylation sites is 1. The van der Waals surface area contributed by atoms with Crippen molar-refractivity contribution < 1.29 is 18.0 Å². The maximum absolute atomic E-state index is 14.0. The summed E-state index contributed by atoms with van der Waals surface area (Å²) < 4.78 is 32.3. The number of aromatic nitrogens is 1. The van der Waals surface area contributed by atoms with Crippen LogP contribution in [0.15, 0.2) is 59.2 Å². The molecule has 1 amide bonds. The number of hydrogen-bond donors (Lipinski definition) is 1. The highest BCUT2D eigenvalue weighted by molar-refractivity contribution is 5.91. The molecule has 2 aromatic carbocycles. The summed E-state index contributed by atoms with van der Waals surface area (Å²) in [6, 6.07) is 12.7. The Labute approximate surface area is 173 Å². The predicted octanol–water partition coefficient (Wildman–Crippen LogP) is 3.21. The number of rotatable bonds is 6. The summed E-state index contributed by atoms with van der Waals surface area (Å²) in [7, 11) is 0. The van der Waals surface area contributed by atoms with Crippen LogP contribution in [0.3, 0.4) is 0 Å². The van der Waals surface area contributed by atoms with Crippen LogP contribution in [0, 0.1) is 11.6 Å². The Bertz CT molecular complexity index is 998. The van der Waals surface area contributed by atoms with E-state index in [0.717, 1.165) is 18.7 Å². The van der Waals surface area contributed by atoms with Crippen molar-refractivity contribution in [2.75, 3.05) is 31.1 Å². The molecule has 0 radical (unpaired) electrons. The normalized spacial score (nSPS) is 14.7. The molecule has 1 aliphatic rings. The Balaban J connectivity index is 1.27. The molecule has 1 aromatic heterocycles. The highest BCUT2D eigenvalue weighted by Gasteiger charge is 2.21. The zero-order valence-corrected chi connectivity index (χ0v) is 16.4. The van der Waals surface area contributed by atoms with E-state index in [4.69, 9.17) is 4.42 Å². The van der Waals surface area contributed by atoms with Crippen LogP contribution in [0.25, 0.3) is 0 Å². The van der Waals surface area contributed by atoms with Crippen molar-refractivity contribution in [3.63, 3.8) is 0 Å². The van der Waals surface area contributed by atoms with Gasteiger partial charge in [0.2, 0.25) is 5.89 Å². The highest BCUT2D eigenvalue weighted by atomic mass is 19.1. The quantitative estimate of drug-likeness (QED) is 0.674. The summed E-state index contributed by atoms with van der Waals surface area (Å²) in [6.07, 6.45) is 1.34. The van der Waals surface area contributed by atoms with E-state index in [1.807, 2.05) is 11.0 Å². The largest absolute Gasteiger partial charge is 0.447 e. The molecule has 4 rings (SSSR count). The number of carbonyl (C=O) groups excluding carboxylic acids is 1. The summed E-state index contributed by atoms with van der Waals surface area (Å²) in [5, 5.41) is 2.74. The number of amides is 1. The lowest BCUT2D eigenvalue weighted by Gasteiger charge is -2.35. The molecule has 3 aromatic rings. The van der Waals surface area contributed by atoms with Crippen molar-refractivity contribution in [3.8, 4) is 0 Å². The first-order valence-corrected chi connectivity index (χ1v) is 9.77.